The first kappa shape index (κ1) is 22.2. The summed E-state index contributed by atoms with van der Waals surface area (Å²) in [6, 6.07) is 14.4. The molecule has 8 nitrogen and oxygen atoms in total. The van der Waals surface area contributed by atoms with Gasteiger partial charge in [-0.25, -0.2) is 12.8 Å². The Balaban J connectivity index is 1.80. The van der Waals surface area contributed by atoms with E-state index in [0.29, 0.717) is 5.56 Å². The molecule has 1 amide bonds. The summed E-state index contributed by atoms with van der Waals surface area (Å²) >= 11 is 5.97. The zero-order valence-corrected chi connectivity index (χ0v) is 17.3. The van der Waals surface area contributed by atoms with Crippen molar-refractivity contribution in [2.45, 2.75) is 11.3 Å². The number of sulfonamides is 1. The van der Waals surface area contributed by atoms with Crippen molar-refractivity contribution in [2.75, 3.05) is 10.0 Å². The fraction of sp³-hybridized carbons (Fsp3) is 0.0500. The number of benzene rings is 3. The lowest BCUT2D eigenvalue weighted by molar-refractivity contribution is -0.384. The van der Waals surface area contributed by atoms with Crippen molar-refractivity contribution in [1.82, 2.24) is 0 Å². The number of carbonyl (C=O) groups excluding carboxylic acids is 1. The van der Waals surface area contributed by atoms with Gasteiger partial charge in [0.05, 0.1) is 22.7 Å². The summed E-state index contributed by atoms with van der Waals surface area (Å²) in [7, 11) is -4.27. The molecular formula is C20H15ClFN3O5S. The van der Waals surface area contributed by atoms with Crippen LogP contribution in [0.1, 0.15) is 5.56 Å². The van der Waals surface area contributed by atoms with E-state index >= 15 is 0 Å². The van der Waals surface area contributed by atoms with E-state index in [1.807, 2.05) is 0 Å². The summed E-state index contributed by atoms with van der Waals surface area (Å²) in [5.41, 5.74) is 0.464. The van der Waals surface area contributed by atoms with Crippen LogP contribution in [0.15, 0.2) is 71.6 Å². The van der Waals surface area contributed by atoms with Crippen molar-refractivity contribution >= 4 is 44.6 Å². The van der Waals surface area contributed by atoms with Gasteiger partial charge in [-0.1, -0.05) is 35.9 Å². The summed E-state index contributed by atoms with van der Waals surface area (Å²) in [6.07, 6.45) is -0.121. The molecule has 0 aliphatic heterocycles. The van der Waals surface area contributed by atoms with Crippen LogP contribution in [0.4, 0.5) is 21.5 Å². The minimum atomic E-state index is -4.27. The second-order valence-electron chi connectivity index (χ2n) is 6.37. The Morgan fingerprint density at radius 2 is 1.71 bits per heavy atom. The third-order valence-corrected chi connectivity index (χ3v) is 5.77. The van der Waals surface area contributed by atoms with Gasteiger partial charge < -0.3 is 5.32 Å². The maximum Gasteiger partial charge on any atom is 0.269 e. The summed E-state index contributed by atoms with van der Waals surface area (Å²) in [5, 5.41) is 13.5. The number of halogens is 2. The Morgan fingerprint density at radius 1 is 1.03 bits per heavy atom. The molecule has 2 N–H and O–H groups in total. The number of hydrogen-bond acceptors (Lipinski definition) is 5. The molecule has 0 unspecified atom stereocenters. The highest BCUT2D eigenvalue weighted by Crippen LogP contribution is 2.29. The molecular weight excluding hydrogens is 449 g/mol. The van der Waals surface area contributed by atoms with Crippen LogP contribution in [0.5, 0.6) is 0 Å². The van der Waals surface area contributed by atoms with Gasteiger partial charge in [0.25, 0.3) is 15.7 Å². The number of nitrogens with zero attached hydrogens (tertiary/aromatic N) is 1. The normalized spacial score (nSPS) is 11.0. The van der Waals surface area contributed by atoms with Crippen LogP contribution in [-0.2, 0) is 21.2 Å². The quantitative estimate of drug-likeness (QED) is 0.398. The zero-order valence-electron chi connectivity index (χ0n) is 15.7. The monoisotopic (exact) mass is 463 g/mol. The summed E-state index contributed by atoms with van der Waals surface area (Å²) < 4.78 is 41.3. The molecule has 3 aromatic carbocycles. The maximum absolute atomic E-state index is 13.9. The highest BCUT2D eigenvalue weighted by molar-refractivity contribution is 7.92. The fourth-order valence-electron chi connectivity index (χ4n) is 2.69. The first-order valence-corrected chi connectivity index (χ1v) is 10.6. The lowest BCUT2D eigenvalue weighted by Gasteiger charge is -2.14. The number of rotatable bonds is 7. The van der Waals surface area contributed by atoms with Crippen molar-refractivity contribution < 1.29 is 22.5 Å². The Morgan fingerprint density at radius 3 is 2.35 bits per heavy atom. The first-order chi connectivity index (χ1) is 14.7. The van der Waals surface area contributed by atoms with Gasteiger partial charge in [-0.15, -0.1) is 0 Å². The van der Waals surface area contributed by atoms with Gasteiger partial charge in [-0.3, -0.25) is 19.6 Å². The van der Waals surface area contributed by atoms with Crippen molar-refractivity contribution in [3.63, 3.8) is 0 Å². The van der Waals surface area contributed by atoms with Crippen LogP contribution in [0.25, 0.3) is 0 Å². The molecule has 0 aromatic heterocycles. The van der Waals surface area contributed by atoms with Gasteiger partial charge in [0, 0.05) is 17.2 Å². The van der Waals surface area contributed by atoms with E-state index in [9.17, 15) is 27.7 Å². The van der Waals surface area contributed by atoms with Crippen LogP contribution >= 0.6 is 11.6 Å². The van der Waals surface area contributed by atoms with E-state index in [-0.39, 0.29) is 28.5 Å². The number of nitrogens with one attached hydrogen (secondary N) is 2. The summed E-state index contributed by atoms with van der Waals surface area (Å²) in [4.78, 5) is 22.0. The smallest absolute Gasteiger partial charge is 0.269 e. The Kier molecular flexibility index (Phi) is 6.52. The molecule has 0 fully saturated rings. The second-order valence-corrected chi connectivity index (χ2v) is 8.46. The highest BCUT2D eigenvalue weighted by atomic mass is 35.5. The number of carbonyl (C=O) groups is 1. The molecule has 0 saturated heterocycles. The summed E-state index contributed by atoms with van der Waals surface area (Å²) in [6.45, 7) is 0. The molecule has 0 atom stereocenters. The predicted molar refractivity (Wildman–Crippen MR) is 114 cm³/mol. The van der Waals surface area contributed by atoms with Crippen LogP contribution < -0.4 is 10.0 Å². The van der Waals surface area contributed by atoms with E-state index in [2.05, 4.69) is 10.0 Å². The highest BCUT2D eigenvalue weighted by Gasteiger charge is 2.20. The molecule has 0 spiro atoms. The van der Waals surface area contributed by atoms with Gasteiger partial charge in [0.15, 0.2) is 0 Å². The minimum Gasteiger partial charge on any atom is -0.324 e. The fourth-order valence-corrected chi connectivity index (χ4v) is 4.02. The first-order valence-electron chi connectivity index (χ1n) is 8.76. The van der Waals surface area contributed by atoms with Gasteiger partial charge in [0.1, 0.15) is 10.7 Å². The average Bonchev–Trinajstić information content (AvgIpc) is 2.70. The largest absolute Gasteiger partial charge is 0.324 e. The van der Waals surface area contributed by atoms with Crippen molar-refractivity contribution in [3.05, 3.63) is 93.2 Å². The molecule has 0 heterocycles. The Hall–Kier alpha value is -3.50. The molecule has 3 aromatic rings. The summed E-state index contributed by atoms with van der Waals surface area (Å²) in [5.74, 6) is -1.44. The SMILES string of the molecule is O=C(Cc1ccc([N+](=O)[O-])cc1)Nc1cc(Cl)ccc1NS(=O)(=O)c1ccccc1F. The van der Waals surface area contributed by atoms with Gasteiger partial charge in [0.2, 0.25) is 5.91 Å². The number of anilines is 2. The third-order valence-electron chi connectivity index (χ3n) is 4.14. The van der Waals surface area contributed by atoms with E-state index < -0.39 is 31.6 Å². The molecule has 0 bridgehead atoms. The molecule has 0 aliphatic carbocycles. The zero-order chi connectivity index (χ0) is 22.6. The van der Waals surface area contributed by atoms with E-state index in [1.165, 1.54) is 54.6 Å². The Bertz CT molecular complexity index is 1250. The molecule has 0 aliphatic rings. The van der Waals surface area contributed by atoms with Gasteiger partial charge >= 0.3 is 0 Å². The van der Waals surface area contributed by atoms with Crippen molar-refractivity contribution in [1.29, 1.82) is 0 Å². The number of non-ortho nitro benzene ring substituents is 1. The van der Waals surface area contributed by atoms with Crippen LogP contribution in [0, 0.1) is 15.9 Å². The van der Waals surface area contributed by atoms with E-state index in [1.54, 1.807) is 0 Å². The lowest BCUT2D eigenvalue weighted by Crippen LogP contribution is -2.19. The molecule has 31 heavy (non-hydrogen) atoms. The van der Waals surface area contributed by atoms with Crippen LogP contribution in [-0.4, -0.2) is 19.2 Å². The predicted octanol–water partition coefficient (Wildman–Crippen LogP) is 4.37. The third kappa shape index (κ3) is 5.56. The van der Waals surface area contributed by atoms with Gasteiger partial charge in [-0.05, 0) is 35.9 Å². The minimum absolute atomic E-state index is 0.00953. The molecule has 11 heteroatoms. The Labute approximate surface area is 181 Å². The van der Waals surface area contributed by atoms with Crippen LogP contribution in [0.3, 0.4) is 0 Å². The average molecular weight is 464 g/mol. The number of amides is 1. The van der Waals surface area contributed by atoms with Crippen LogP contribution in [0.2, 0.25) is 5.02 Å². The molecule has 0 saturated carbocycles. The lowest BCUT2D eigenvalue weighted by atomic mass is 10.1. The maximum atomic E-state index is 13.9. The topological polar surface area (TPSA) is 118 Å². The second kappa shape index (κ2) is 9.11. The molecule has 3 rings (SSSR count). The standard InChI is InChI=1S/C20H15ClFN3O5S/c21-14-7-10-17(24-31(29,30)19-4-2-1-3-16(19)22)18(12-14)23-20(26)11-13-5-8-15(9-6-13)25(27)28/h1-10,12,24H,11H2,(H,23,26). The molecule has 160 valence electrons. The van der Waals surface area contributed by atoms with E-state index in [0.717, 1.165) is 12.1 Å². The van der Waals surface area contributed by atoms with Crippen molar-refractivity contribution in [2.24, 2.45) is 0 Å². The number of hydrogen-bond donors (Lipinski definition) is 2. The van der Waals surface area contributed by atoms with E-state index in [4.69, 9.17) is 11.6 Å². The molecule has 0 radical (unpaired) electrons. The number of nitro benzene ring substituents is 1. The van der Waals surface area contributed by atoms with Gasteiger partial charge in [-0.2, -0.15) is 0 Å². The van der Waals surface area contributed by atoms with Crippen molar-refractivity contribution in [3.8, 4) is 0 Å². The number of nitro groups is 1.